The number of rotatable bonds is 4. The van der Waals surface area contributed by atoms with E-state index in [1.807, 2.05) is 57.7 Å². The number of anilines is 1. The first kappa shape index (κ1) is 21.8. The first-order chi connectivity index (χ1) is 15.3. The highest BCUT2D eigenvalue weighted by Gasteiger charge is 2.26. The molecule has 164 valence electrons. The second-order valence-electron chi connectivity index (χ2n) is 8.77. The minimum absolute atomic E-state index is 0.0303. The molecule has 1 amide bonds. The van der Waals surface area contributed by atoms with Gasteiger partial charge in [0.15, 0.2) is 0 Å². The van der Waals surface area contributed by atoms with E-state index in [4.69, 9.17) is 4.42 Å². The van der Waals surface area contributed by atoms with Crippen LogP contribution in [0.3, 0.4) is 0 Å². The molecule has 1 fully saturated rings. The summed E-state index contributed by atoms with van der Waals surface area (Å²) in [6.45, 7) is 8.77. The molecular formula is C25H26N4O2S. The summed E-state index contributed by atoms with van der Waals surface area (Å²) in [5.74, 6) is 0.908. The molecule has 0 atom stereocenters. The van der Waals surface area contributed by atoms with Gasteiger partial charge in [0.25, 0.3) is 5.91 Å². The van der Waals surface area contributed by atoms with Gasteiger partial charge >= 0.3 is 0 Å². The number of carbonyl (C=O) groups is 1. The molecule has 6 nitrogen and oxygen atoms in total. The number of nitriles is 1. The molecule has 2 aromatic heterocycles. The van der Waals surface area contributed by atoms with Crippen molar-refractivity contribution in [1.29, 1.82) is 5.26 Å². The van der Waals surface area contributed by atoms with Gasteiger partial charge in [-0.2, -0.15) is 10.2 Å². The fraction of sp³-hybridized carbons (Fsp3) is 0.320. The standard InChI is InChI=1S/C25H26N4O2S/c1-25(2,3)19-8-6-18(7-9-19)23(30)28-12-14-29(15-13-28)24-21(17-26)27-22(31-24)11-10-20-5-4-16-32-20/h4-11,16H,12-15H2,1-3H3. The Hall–Kier alpha value is -3.37. The number of aromatic nitrogens is 1. The Balaban J connectivity index is 1.41. The van der Waals surface area contributed by atoms with Crippen LogP contribution >= 0.6 is 11.3 Å². The highest BCUT2D eigenvalue weighted by molar-refractivity contribution is 7.10. The number of carbonyl (C=O) groups excluding carboxylic acids is 1. The average molecular weight is 447 g/mol. The molecule has 0 unspecified atom stereocenters. The van der Waals surface area contributed by atoms with Crippen LogP contribution in [-0.4, -0.2) is 42.0 Å². The van der Waals surface area contributed by atoms with E-state index in [0.29, 0.717) is 43.5 Å². The number of hydrogen-bond acceptors (Lipinski definition) is 6. The molecule has 0 bridgehead atoms. The Kier molecular flexibility index (Phi) is 6.15. The second-order valence-corrected chi connectivity index (χ2v) is 9.75. The zero-order chi connectivity index (χ0) is 22.7. The summed E-state index contributed by atoms with van der Waals surface area (Å²) in [6.07, 6.45) is 3.69. The Morgan fingerprint density at radius 3 is 2.44 bits per heavy atom. The van der Waals surface area contributed by atoms with Gasteiger partial charge in [0.05, 0.1) is 0 Å². The van der Waals surface area contributed by atoms with Crippen LogP contribution in [0.5, 0.6) is 0 Å². The molecule has 7 heteroatoms. The topological polar surface area (TPSA) is 73.4 Å². The quantitative estimate of drug-likeness (QED) is 0.561. The van der Waals surface area contributed by atoms with Crippen LogP contribution in [0.15, 0.2) is 46.2 Å². The van der Waals surface area contributed by atoms with Crippen LogP contribution in [-0.2, 0) is 5.41 Å². The minimum Gasteiger partial charge on any atom is -0.420 e. The molecule has 32 heavy (non-hydrogen) atoms. The highest BCUT2D eigenvalue weighted by Crippen LogP contribution is 2.26. The van der Waals surface area contributed by atoms with Crippen molar-refractivity contribution >= 4 is 35.3 Å². The number of nitrogens with zero attached hydrogens (tertiary/aromatic N) is 4. The van der Waals surface area contributed by atoms with Gasteiger partial charge in [0.2, 0.25) is 17.5 Å². The maximum atomic E-state index is 12.9. The Morgan fingerprint density at radius 1 is 1.12 bits per heavy atom. The van der Waals surface area contributed by atoms with Gasteiger partial charge in [0, 0.05) is 42.7 Å². The third-order valence-electron chi connectivity index (χ3n) is 5.52. The molecule has 1 aromatic carbocycles. The second kappa shape index (κ2) is 9.01. The number of piperazine rings is 1. The normalized spacial score (nSPS) is 14.7. The number of thiophene rings is 1. The molecule has 0 radical (unpaired) electrons. The largest absolute Gasteiger partial charge is 0.420 e. The average Bonchev–Trinajstić information content (AvgIpc) is 3.46. The van der Waals surface area contributed by atoms with Crippen molar-refractivity contribution in [1.82, 2.24) is 9.88 Å². The van der Waals surface area contributed by atoms with Crippen LogP contribution < -0.4 is 4.90 Å². The summed E-state index contributed by atoms with van der Waals surface area (Å²) in [6, 6.07) is 14.0. The third kappa shape index (κ3) is 4.76. The number of hydrogen-bond donors (Lipinski definition) is 0. The van der Waals surface area contributed by atoms with E-state index in [2.05, 4.69) is 31.8 Å². The maximum absolute atomic E-state index is 12.9. The predicted molar refractivity (Wildman–Crippen MR) is 128 cm³/mol. The number of amides is 1. The lowest BCUT2D eigenvalue weighted by Crippen LogP contribution is -2.48. The molecule has 1 aliphatic heterocycles. The van der Waals surface area contributed by atoms with Crippen molar-refractivity contribution in [2.75, 3.05) is 31.1 Å². The van der Waals surface area contributed by atoms with Gasteiger partial charge in [-0.3, -0.25) is 4.79 Å². The smallest absolute Gasteiger partial charge is 0.253 e. The van der Waals surface area contributed by atoms with E-state index < -0.39 is 0 Å². The van der Waals surface area contributed by atoms with Crippen LogP contribution in [0.1, 0.15) is 53.2 Å². The van der Waals surface area contributed by atoms with Gasteiger partial charge < -0.3 is 14.2 Å². The summed E-state index contributed by atoms with van der Waals surface area (Å²) < 4.78 is 5.88. The van der Waals surface area contributed by atoms with Crippen LogP contribution in [0.2, 0.25) is 0 Å². The Bertz CT molecular complexity index is 1140. The molecule has 0 aliphatic carbocycles. The summed E-state index contributed by atoms with van der Waals surface area (Å²) in [5.41, 5.74) is 2.23. The lowest BCUT2D eigenvalue weighted by molar-refractivity contribution is 0.0745. The molecule has 3 aromatic rings. The van der Waals surface area contributed by atoms with Gasteiger partial charge in [-0.25, -0.2) is 0 Å². The monoisotopic (exact) mass is 446 g/mol. The molecule has 1 saturated heterocycles. The van der Waals surface area contributed by atoms with Gasteiger partial charge in [0.1, 0.15) is 6.07 Å². The van der Waals surface area contributed by atoms with Crippen molar-refractivity contribution in [2.24, 2.45) is 0 Å². The molecular weight excluding hydrogens is 420 g/mol. The van der Waals surface area contributed by atoms with Crippen LogP contribution in [0, 0.1) is 11.3 Å². The molecule has 4 rings (SSSR count). The van der Waals surface area contributed by atoms with Gasteiger partial charge in [-0.05, 0) is 40.6 Å². The first-order valence-corrected chi connectivity index (χ1v) is 11.5. The Labute approximate surface area is 192 Å². The minimum atomic E-state index is 0.0303. The number of benzene rings is 1. The fourth-order valence-electron chi connectivity index (χ4n) is 3.63. The molecule has 0 N–H and O–H groups in total. The van der Waals surface area contributed by atoms with Crippen molar-refractivity contribution < 1.29 is 9.21 Å². The zero-order valence-electron chi connectivity index (χ0n) is 18.5. The van der Waals surface area contributed by atoms with E-state index in [9.17, 15) is 10.1 Å². The molecule has 1 aliphatic rings. The summed E-state index contributed by atoms with van der Waals surface area (Å²) in [5, 5.41) is 11.5. The summed E-state index contributed by atoms with van der Waals surface area (Å²) in [7, 11) is 0. The summed E-state index contributed by atoms with van der Waals surface area (Å²) >= 11 is 1.62. The SMILES string of the molecule is CC(C)(C)c1ccc(C(=O)N2CCN(c3oc(C=Cc4cccs4)nc3C#N)CC2)cc1. The lowest BCUT2D eigenvalue weighted by Gasteiger charge is -2.34. The fourth-order valence-corrected chi connectivity index (χ4v) is 4.25. The van der Waals surface area contributed by atoms with E-state index in [0.717, 1.165) is 4.88 Å². The van der Waals surface area contributed by atoms with E-state index in [1.165, 1.54) is 5.56 Å². The van der Waals surface area contributed by atoms with Crippen molar-refractivity contribution in [3.63, 3.8) is 0 Å². The first-order valence-electron chi connectivity index (χ1n) is 10.6. The van der Waals surface area contributed by atoms with Crippen molar-refractivity contribution in [3.8, 4) is 6.07 Å². The molecule has 0 spiro atoms. The lowest BCUT2D eigenvalue weighted by atomic mass is 9.86. The van der Waals surface area contributed by atoms with Crippen molar-refractivity contribution in [2.45, 2.75) is 26.2 Å². The van der Waals surface area contributed by atoms with Crippen molar-refractivity contribution in [3.05, 3.63) is 69.4 Å². The number of oxazole rings is 1. The maximum Gasteiger partial charge on any atom is 0.253 e. The predicted octanol–water partition coefficient (Wildman–Crippen LogP) is 5.04. The van der Waals surface area contributed by atoms with E-state index in [1.54, 1.807) is 17.4 Å². The molecule has 3 heterocycles. The highest BCUT2D eigenvalue weighted by atomic mass is 32.1. The van der Waals surface area contributed by atoms with E-state index >= 15 is 0 Å². The van der Waals surface area contributed by atoms with Gasteiger partial charge in [-0.1, -0.05) is 39.0 Å². The Morgan fingerprint density at radius 2 is 1.84 bits per heavy atom. The van der Waals surface area contributed by atoms with Crippen LogP contribution in [0.25, 0.3) is 12.2 Å². The zero-order valence-corrected chi connectivity index (χ0v) is 19.4. The third-order valence-corrected chi connectivity index (χ3v) is 6.35. The summed E-state index contributed by atoms with van der Waals surface area (Å²) in [4.78, 5) is 22.2. The van der Waals surface area contributed by atoms with E-state index in [-0.39, 0.29) is 17.0 Å². The molecule has 0 saturated carbocycles. The van der Waals surface area contributed by atoms with Gasteiger partial charge in [-0.15, -0.1) is 11.3 Å². The van der Waals surface area contributed by atoms with Crippen LogP contribution in [0.4, 0.5) is 5.88 Å².